The molecule has 0 aliphatic heterocycles. The summed E-state index contributed by atoms with van der Waals surface area (Å²) in [5, 5.41) is 3.22. The number of hydrogen-bond donors (Lipinski definition) is 1. The fraction of sp³-hybridized carbons (Fsp3) is 0.269. The van der Waals surface area contributed by atoms with Crippen molar-refractivity contribution in [1.82, 2.24) is 5.32 Å². The minimum absolute atomic E-state index is 0.0987. The van der Waals surface area contributed by atoms with Gasteiger partial charge in [0.25, 0.3) is 10.0 Å². The number of benzene rings is 3. The maximum atomic E-state index is 13.6. The van der Waals surface area contributed by atoms with E-state index >= 15 is 0 Å². The van der Waals surface area contributed by atoms with Crippen molar-refractivity contribution < 1.29 is 35.9 Å². The monoisotopic (exact) mass is 570 g/mol. The maximum absolute atomic E-state index is 13.6. The largest absolute Gasteiger partial charge is 0.493 e. The Morgan fingerprint density at radius 3 is 2.34 bits per heavy atom. The Hall–Kier alpha value is -3.44. The molecule has 12 heteroatoms. The lowest BCUT2D eigenvalue weighted by molar-refractivity contribution is -0.137. The molecular formula is C26H26ClF3N2O5S. The Balaban J connectivity index is 1.87. The van der Waals surface area contributed by atoms with Crippen molar-refractivity contribution in [1.29, 1.82) is 0 Å². The SMILES string of the molecule is COc1ccc(S(=O)(=O)N(CC(=O)NCCCc2ccccc2Cl)c2cccc(C(F)(F)F)c2)cc1OC. The molecule has 1 N–H and O–H groups in total. The van der Waals surface area contributed by atoms with Gasteiger partial charge in [0.2, 0.25) is 5.91 Å². The van der Waals surface area contributed by atoms with Crippen LogP contribution in [0.1, 0.15) is 17.5 Å². The third-order valence-electron chi connectivity index (χ3n) is 5.59. The van der Waals surface area contributed by atoms with Crippen molar-refractivity contribution in [3.05, 3.63) is 82.9 Å². The summed E-state index contributed by atoms with van der Waals surface area (Å²) in [5.41, 5.74) is -0.478. The number of nitrogens with zero attached hydrogens (tertiary/aromatic N) is 1. The fourth-order valence-electron chi connectivity index (χ4n) is 3.65. The second-order valence-corrected chi connectivity index (χ2v) is 10.4. The minimum atomic E-state index is -4.71. The number of amides is 1. The van der Waals surface area contributed by atoms with Crippen molar-refractivity contribution >= 4 is 33.2 Å². The first-order chi connectivity index (χ1) is 18.0. The van der Waals surface area contributed by atoms with Gasteiger partial charge in [0.05, 0.1) is 30.4 Å². The summed E-state index contributed by atoms with van der Waals surface area (Å²) in [7, 11) is -1.81. The van der Waals surface area contributed by atoms with Gasteiger partial charge in [0.15, 0.2) is 11.5 Å². The van der Waals surface area contributed by atoms with Crippen molar-refractivity contribution in [2.45, 2.75) is 23.9 Å². The summed E-state index contributed by atoms with van der Waals surface area (Å²) in [6.45, 7) is -0.541. The molecule has 3 aromatic rings. The molecule has 0 radical (unpaired) electrons. The average Bonchev–Trinajstić information content (AvgIpc) is 2.89. The van der Waals surface area contributed by atoms with Gasteiger partial charge in [-0.2, -0.15) is 13.2 Å². The molecule has 3 aromatic carbocycles. The highest BCUT2D eigenvalue weighted by Crippen LogP contribution is 2.35. The normalized spacial score (nSPS) is 11.6. The summed E-state index contributed by atoms with van der Waals surface area (Å²) in [6.07, 6.45) is -3.63. The molecule has 204 valence electrons. The van der Waals surface area contributed by atoms with Gasteiger partial charge in [0.1, 0.15) is 6.54 Å². The average molecular weight is 571 g/mol. The number of rotatable bonds is 11. The first kappa shape index (κ1) is 29.1. The third-order valence-corrected chi connectivity index (χ3v) is 7.73. The molecule has 0 bridgehead atoms. The molecule has 0 heterocycles. The van der Waals surface area contributed by atoms with E-state index in [0.29, 0.717) is 28.2 Å². The maximum Gasteiger partial charge on any atom is 0.416 e. The summed E-state index contributed by atoms with van der Waals surface area (Å²) in [4.78, 5) is 12.5. The topological polar surface area (TPSA) is 84.9 Å². The zero-order valence-corrected chi connectivity index (χ0v) is 22.2. The predicted octanol–water partition coefficient (Wildman–Crippen LogP) is 5.32. The van der Waals surface area contributed by atoms with Crippen LogP contribution in [0.4, 0.5) is 18.9 Å². The Morgan fingerprint density at radius 1 is 0.974 bits per heavy atom. The van der Waals surface area contributed by atoms with E-state index in [-0.39, 0.29) is 28.6 Å². The van der Waals surface area contributed by atoms with E-state index in [2.05, 4.69) is 5.32 Å². The van der Waals surface area contributed by atoms with Crippen LogP contribution in [0.5, 0.6) is 11.5 Å². The van der Waals surface area contributed by atoms with Gasteiger partial charge < -0.3 is 14.8 Å². The van der Waals surface area contributed by atoms with Gasteiger partial charge in [-0.15, -0.1) is 0 Å². The number of halogens is 4. The number of ether oxygens (including phenoxy) is 2. The van der Waals surface area contributed by atoms with Crippen molar-refractivity contribution in [3.8, 4) is 11.5 Å². The van der Waals surface area contributed by atoms with Crippen molar-refractivity contribution in [2.75, 3.05) is 31.6 Å². The molecule has 7 nitrogen and oxygen atoms in total. The molecule has 0 atom stereocenters. The molecule has 0 unspecified atom stereocenters. The van der Waals surface area contributed by atoms with Crippen LogP contribution in [0.25, 0.3) is 0 Å². The molecule has 1 amide bonds. The number of carbonyl (C=O) groups excluding carboxylic acids is 1. The van der Waals surface area contributed by atoms with E-state index in [4.69, 9.17) is 21.1 Å². The van der Waals surface area contributed by atoms with E-state index < -0.39 is 34.2 Å². The van der Waals surface area contributed by atoms with Gasteiger partial charge in [0, 0.05) is 17.6 Å². The van der Waals surface area contributed by atoms with Crippen LogP contribution in [0.2, 0.25) is 5.02 Å². The number of anilines is 1. The van der Waals surface area contributed by atoms with Crippen molar-refractivity contribution in [2.24, 2.45) is 0 Å². The first-order valence-corrected chi connectivity index (χ1v) is 13.2. The molecule has 38 heavy (non-hydrogen) atoms. The standard InChI is InChI=1S/C26H26ClF3N2O5S/c1-36-23-13-12-21(16-24(23)37-2)38(34,35)32(20-10-5-9-19(15-20)26(28,29)30)17-25(33)31-14-6-8-18-7-3-4-11-22(18)27/h3-5,7,9-13,15-16H,6,8,14,17H2,1-2H3,(H,31,33). The number of aryl methyl sites for hydroxylation is 1. The zero-order chi connectivity index (χ0) is 27.9. The zero-order valence-electron chi connectivity index (χ0n) is 20.6. The van der Waals surface area contributed by atoms with Crippen LogP contribution in [-0.4, -0.2) is 41.6 Å². The number of carbonyl (C=O) groups is 1. The van der Waals surface area contributed by atoms with Crippen LogP contribution < -0.4 is 19.1 Å². The van der Waals surface area contributed by atoms with Crippen LogP contribution in [-0.2, 0) is 27.4 Å². The van der Waals surface area contributed by atoms with Gasteiger partial charge >= 0.3 is 6.18 Å². The molecule has 0 aliphatic carbocycles. The molecule has 0 spiro atoms. The predicted molar refractivity (Wildman–Crippen MR) is 138 cm³/mol. The van der Waals surface area contributed by atoms with Gasteiger partial charge in [-0.1, -0.05) is 35.9 Å². The third kappa shape index (κ3) is 7.11. The highest BCUT2D eigenvalue weighted by molar-refractivity contribution is 7.92. The highest BCUT2D eigenvalue weighted by Gasteiger charge is 2.33. The summed E-state index contributed by atoms with van der Waals surface area (Å²) < 4.78 is 78.3. The lowest BCUT2D eigenvalue weighted by Gasteiger charge is -2.25. The molecule has 0 saturated carbocycles. The number of methoxy groups -OCH3 is 2. The molecule has 0 fully saturated rings. The Morgan fingerprint density at radius 2 is 1.68 bits per heavy atom. The highest BCUT2D eigenvalue weighted by atomic mass is 35.5. The molecule has 3 rings (SSSR count). The Bertz CT molecular complexity index is 1380. The van der Waals surface area contributed by atoms with Gasteiger partial charge in [-0.25, -0.2) is 8.42 Å². The lowest BCUT2D eigenvalue weighted by Crippen LogP contribution is -2.41. The number of hydrogen-bond acceptors (Lipinski definition) is 5. The summed E-state index contributed by atoms with van der Waals surface area (Å²) in [6, 6.07) is 14.8. The summed E-state index contributed by atoms with van der Waals surface area (Å²) >= 11 is 6.14. The van der Waals surface area contributed by atoms with E-state index in [9.17, 15) is 26.4 Å². The lowest BCUT2D eigenvalue weighted by atomic mass is 10.1. The molecule has 0 aliphatic rings. The second kappa shape index (κ2) is 12.4. The van der Waals surface area contributed by atoms with Gasteiger partial charge in [-0.3, -0.25) is 9.10 Å². The molecule has 0 saturated heterocycles. The number of sulfonamides is 1. The first-order valence-electron chi connectivity index (χ1n) is 11.4. The van der Waals surface area contributed by atoms with Gasteiger partial charge in [-0.05, 0) is 54.8 Å². The fourth-order valence-corrected chi connectivity index (χ4v) is 5.31. The number of alkyl halides is 3. The van der Waals surface area contributed by atoms with E-state index in [1.54, 1.807) is 12.1 Å². The number of nitrogens with one attached hydrogen (secondary N) is 1. The smallest absolute Gasteiger partial charge is 0.416 e. The van der Waals surface area contributed by atoms with E-state index in [1.807, 2.05) is 12.1 Å². The Labute approximate surface area is 224 Å². The molecular weight excluding hydrogens is 545 g/mol. The van der Waals surface area contributed by atoms with Crippen LogP contribution in [0, 0.1) is 0 Å². The summed E-state index contributed by atoms with van der Waals surface area (Å²) in [5.74, 6) is -0.333. The van der Waals surface area contributed by atoms with Crippen LogP contribution in [0.3, 0.4) is 0 Å². The van der Waals surface area contributed by atoms with Crippen molar-refractivity contribution in [3.63, 3.8) is 0 Å². The van der Waals surface area contributed by atoms with E-state index in [1.165, 1.54) is 38.5 Å². The Kier molecular flexibility index (Phi) is 9.50. The second-order valence-electron chi connectivity index (χ2n) is 8.12. The quantitative estimate of drug-likeness (QED) is 0.315. The van der Waals surface area contributed by atoms with Crippen LogP contribution >= 0.6 is 11.6 Å². The molecule has 0 aromatic heterocycles. The van der Waals surface area contributed by atoms with Crippen LogP contribution in [0.15, 0.2) is 71.6 Å². The van der Waals surface area contributed by atoms with E-state index in [0.717, 1.165) is 17.7 Å². The minimum Gasteiger partial charge on any atom is -0.493 e.